The summed E-state index contributed by atoms with van der Waals surface area (Å²) in [6.07, 6.45) is 3.54. The van der Waals surface area contributed by atoms with Gasteiger partial charge in [-0.15, -0.1) is 0 Å². The van der Waals surface area contributed by atoms with Gasteiger partial charge in [0.25, 0.3) is 0 Å². The first-order chi connectivity index (χ1) is 15.1. The summed E-state index contributed by atoms with van der Waals surface area (Å²) in [5.41, 5.74) is 7.03. The molecule has 1 aliphatic rings. The Hall–Kier alpha value is -3.64. The number of benzene rings is 2. The highest BCUT2D eigenvalue weighted by atomic mass is 16.5. The van der Waals surface area contributed by atoms with Gasteiger partial charge in [0.2, 0.25) is 0 Å². The third kappa shape index (κ3) is 3.16. The van der Waals surface area contributed by atoms with Gasteiger partial charge in [0, 0.05) is 6.20 Å². The van der Waals surface area contributed by atoms with Crippen LogP contribution < -0.4 is 9.64 Å². The molecule has 2 aromatic carbocycles. The Morgan fingerprint density at radius 2 is 2.10 bits per heavy atom. The van der Waals surface area contributed by atoms with Gasteiger partial charge >= 0.3 is 0 Å². The first-order valence-corrected chi connectivity index (χ1v) is 10.3. The zero-order valence-corrected chi connectivity index (χ0v) is 17.6. The van der Waals surface area contributed by atoms with Gasteiger partial charge in [0.05, 0.1) is 34.9 Å². The molecule has 2 N–H and O–H groups in total. The molecule has 0 saturated heterocycles. The van der Waals surface area contributed by atoms with E-state index in [4.69, 9.17) is 9.72 Å². The summed E-state index contributed by atoms with van der Waals surface area (Å²) >= 11 is 0. The second-order valence-electron chi connectivity index (χ2n) is 7.81. The zero-order valence-electron chi connectivity index (χ0n) is 17.6. The van der Waals surface area contributed by atoms with Gasteiger partial charge in [-0.3, -0.25) is 0 Å². The summed E-state index contributed by atoms with van der Waals surface area (Å²) in [7, 11) is 0. The van der Waals surface area contributed by atoms with Gasteiger partial charge in [-0.1, -0.05) is 24.8 Å². The number of rotatable bonds is 4. The zero-order chi connectivity index (χ0) is 21.5. The highest BCUT2D eigenvalue weighted by Gasteiger charge is 2.31. The van der Waals surface area contributed by atoms with E-state index in [2.05, 4.69) is 42.5 Å². The predicted octanol–water partition coefficient (Wildman–Crippen LogP) is 4.78. The molecule has 6 nitrogen and oxygen atoms in total. The van der Waals surface area contributed by atoms with Crippen LogP contribution in [0.1, 0.15) is 16.7 Å². The first kappa shape index (κ1) is 19.3. The van der Waals surface area contributed by atoms with E-state index in [9.17, 15) is 5.11 Å². The molecule has 156 valence electrons. The van der Waals surface area contributed by atoms with Crippen LogP contribution in [0.5, 0.6) is 5.75 Å². The minimum Gasteiger partial charge on any atom is -0.488 e. The fourth-order valence-electron chi connectivity index (χ4n) is 4.05. The summed E-state index contributed by atoms with van der Waals surface area (Å²) in [6.45, 7) is 8.28. The SMILES string of the molecule is C=Cc1ccc(N2c3cccc(-c4nc5c(C)c(C)ccc5[nH]4)c3OC[C@@H]2CO)nc1. The number of fused-ring (bicyclic) bond motifs is 2. The van der Waals surface area contributed by atoms with Crippen molar-refractivity contribution < 1.29 is 9.84 Å². The van der Waals surface area contributed by atoms with Gasteiger partial charge in [-0.2, -0.15) is 0 Å². The molecule has 0 aliphatic carbocycles. The summed E-state index contributed by atoms with van der Waals surface area (Å²) < 4.78 is 6.15. The molecule has 0 amide bonds. The third-order valence-corrected chi connectivity index (χ3v) is 5.94. The van der Waals surface area contributed by atoms with Crippen molar-refractivity contribution in [3.05, 3.63) is 71.9 Å². The van der Waals surface area contributed by atoms with E-state index in [1.807, 2.05) is 35.2 Å². The van der Waals surface area contributed by atoms with E-state index in [0.29, 0.717) is 6.61 Å². The molecule has 0 fully saturated rings. The summed E-state index contributed by atoms with van der Waals surface area (Å²) in [5, 5.41) is 10.0. The number of nitrogens with one attached hydrogen (secondary N) is 1. The molecule has 1 atom stereocenters. The Kier molecular flexibility index (Phi) is 4.71. The lowest BCUT2D eigenvalue weighted by molar-refractivity contribution is 0.195. The maximum atomic E-state index is 10.0. The number of hydrogen-bond acceptors (Lipinski definition) is 5. The maximum Gasteiger partial charge on any atom is 0.154 e. The standard InChI is InChI=1S/C25H24N4O2/c1-4-17-9-11-22(26-12-17)29-18(13-30)14-31-24-19(6-5-7-21(24)29)25-27-20-10-8-15(2)16(3)23(20)28-25/h4-12,18,30H,1,13-14H2,2-3H3,(H,27,28)/t18-/m0/s1. The van der Waals surface area contributed by atoms with Crippen molar-refractivity contribution in [2.24, 2.45) is 0 Å². The molecule has 31 heavy (non-hydrogen) atoms. The second-order valence-corrected chi connectivity index (χ2v) is 7.81. The lowest BCUT2D eigenvalue weighted by atomic mass is 10.1. The molecule has 1 aliphatic heterocycles. The van der Waals surface area contributed by atoms with E-state index in [-0.39, 0.29) is 12.6 Å². The maximum absolute atomic E-state index is 10.0. The number of H-pyrrole nitrogens is 1. The normalized spacial score (nSPS) is 15.6. The van der Waals surface area contributed by atoms with Crippen molar-refractivity contribution in [1.82, 2.24) is 15.0 Å². The molecule has 0 radical (unpaired) electrons. The monoisotopic (exact) mass is 412 g/mol. The Morgan fingerprint density at radius 1 is 1.23 bits per heavy atom. The van der Waals surface area contributed by atoms with Gasteiger partial charge in [-0.05, 0) is 60.9 Å². The number of pyridine rings is 1. The molecule has 6 heteroatoms. The van der Waals surface area contributed by atoms with Gasteiger partial charge in [0.1, 0.15) is 18.2 Å². The number of nitrogens with zero attached hydrogens (tertiary/aromatic N) is 3. The lowest BCUT2D eigenvalue weighted by Gasteiger charge is -2.37. The molecule has 0 bridgehead atoms. The van der Waals surface area contributed by atoms with Crippen molar-refractivity contribution in [3.63, 3.8) is 0 Å². The van der Waals surface area contributed by atoms with Crippen LogP contribution in [0.4, 0.5) is 11.5 Å². The first-order valence-electron chi connectivity index (χ1n) is 10.3. The molecular formula is C25H24N4O2. The average molecular weight is 412 g/mol. The van der Waals surface area contributed by atoms with Crippen LogP contribution in [0.2, 0.25) is 0 Å². The molecule has 0 spiro atoms. The van der Waals surface area contributed by atoms with Gasteiger partial charge < -0.3 is 19.7 Å². The lowest BCUT2D eigenvalue weighted by Crippen LogP contribution is -2.43. The number of para-hydroxylation sites is 1. The van der Waals surface area contributed by atoms with Crippen LogP contribution >= 0.6 is 0 Å². The van der Waals surface area contributed by atoms with Gasteiger partial charge in [-0.25, -0.2) is 9.97 Å². The quantitative estimate of drug-likeness (QED) is 0.505. The number of imidazole rings is 1. The third-order valence-electron chi connectivity index (χ3n) is 5.94. The van der Waals surface area contributed by atoms with E-state index >= 15 is 0 Å². The van der Waals surface area contributed by atoms with Crippen LogP contribution in [-0.2, 0) is 0 Å². The van der Waals surface area contributed by atoms with Crippen molar-refractivity contribution in [2.75, 3.05) is 18.1 Å². The number of aliphatic hydroxyl groups is 1. The van der Waals surface area contributed by atoms with E-state index in [1.54, 1.807) is 12.3 Å². The van der Waals surface area contributed by atoms with Crippen LogP contribution in [0, 0.1) is 13.8 Å². The van der Waals surface area contributed by atoms with E-state index in [1.165, 1.54) is 11.1 Å². The number of aromatic nitrogens is 3. The predicted molar refractivity (Wildman–Crippen MR) is 124 cm³/mol. The fraction of sp³-hybridized carbons (Fsp3) is 0.200. The van der Waals surface area contributed by atoms with E-state index in [0.717, 1.165) is 45.2 Å². The highest BCUT2D eigenvalue weighted by Crippen LogP contribution is 2.44. The van der Waals surface area contributed by atoms with Crippen LogP contribution in [-0.4, -0.2) is 39.3 Å². The Labute approximate surface area is 180 Å². The minimum atomic E-state index is -0.231. The molecule has 5 rings (SSSR count). The van der Waals surface area contributed by atoms with Crippen molar-refractivity contribution in [1.29, 1.82) is 0 Å². The molecule has 0 unspecified atom stereocenters. The molecule has 2 aromatic heterocycles. The number of aliphatic hydroxyl groups excluding tert-OH is 1. The Bertz CT molecular complexity index is 1280. The molecular weight excluding hydrogens is 388 g/mol. The van der Waals surface area contributed by atoms with Crippen LogP contribution in [0.25, 0.3) is 28.5 Å². The average Bonchev–Trinajstić information content (AvgIpc) is 3.25. The number of hydrogen-bond donors (Lipinski definition) is 2. The number of aromatic amines is 1. The van der Waals surface area contributed by atoms with Crippen LogP contribution in [0.3, 0.4) is 0 Å². The largest absolute Gasteiger partial charge is 0.488 e. The Balaban J connectivity index is 1.65. The minimum absolute atomic E-state index is 0.0440. The smallest absolute Gasteiger partial charge is 0.154 e. The van der Waals surface area contributed by atoms with Gasteiger partial charge in [0.15, 0.2) is 5.75 Å². The second kappa shape index (κ2) is 7.56. The number of aryl methyl sites for hydroxylation is 2. The topological polar surface area (TPSA) is 74.3 Å². The molecule has 4 aromatic rings. The summed E-state index contributed by atoms with van der Waals surface area (Å²) in [6, 6.07) is 13.8. The van der Waals surface area contributed by atoms with E-state index < -0.39 is 0 Å². The Morgan fingerprint density at radius 3 is 2.84 bits per heavy atom. The highest BCUT2D eigenvalue weighted by molar-refractivity contribution is 5.86. The molecule has 0 saturated carbocycles. The van der Waals surface area contributed by atoms with Crippen molar-refractivity contribution in [3.8, 4) is 17.1 Å². The van der Waals surface area contributed by atoms with Crippen molar-refractivity contribution >= 4 is 28.6 Å². The van der Waals surface area contributed by atoms with Crippen LogP contribution in [0.15, 0.2) is 55.2 Å². The summed E-state index contributed by atoms with van der Waals surface area (Å²) in [4.78, 5) is 14.9. The summed E-state index contributed by atoms with van der Waals surface area (Å²) in [5.74, 6) is 2.25. The number of ether oxygens (including phenoxy) is 1. The van der Waals surface area contributed by atoms with Crippen molar-refractivity contribution in [2.45, 2.75) is 19.9 Å². The number of anilines is 2. The fourth-order valence-corrected chi connectivity index (χ4v) is 4.05. The molecule has 3 heterocycles.